The Morgan fingerprint density at radius 2 is 2.15 bits per heavy atom. The molecular weight excluding hydrogens is 297 g/mol. The van der Waals surface area contributed by atoms with Gasteiger partial charge in [-0.05, 0) is 46.9 Å². The van der Waals surface area contributed by atoms with E-state index in [1.165, 1.54) is 0 Å². The van der Waals surface area contributed by atoms with E-state index in [2.05, 4.69) is 32.8 Å². The van der Waals surface area contributed by atoms with Crippen LogP contribution < -0.4 is 0 Å². The van der Waals surface area contributed by atoms with Crippen LogP contribution in [0.1, 0.15) is 0 Å². The van der Waals surface area contributed by atoms with Gasteiger partial charge in [-0.3, -0.25) is 9.67 Å². The largest absolute Gasteiger partial charge is 0.274 e. The van der Waals surface area contributed by atoms with E-state index in [9.17, 15) is 0 Å². The summed E-state index contributed by atoms with van der Waals surface area (Å²) in [6.07, 6.45) is 1.68. The summed E-state index contributed by atoms with van der Waals surface area (Å²) in [5, 5.41) is 6.59. The minimum absolute atomic E-state index is 0.615. The Morgan fingerprint density at radius 3 is 2.77 bits per heavy atom. The highest BCUT2D eigenvalue weighted by atomic mass is 127. The number of halogens is 1. The molecule has 0 aliphatic carbocycles. The van der Waals surface area contributed by atoms with Crippen LogP contribution in [0.3, 0.4) is 0 Å². The lowest BCUT2D eigenvalue weighted by Gasteiger charge is -2.02. The van der Waals surface area contributed by atoms with Gasteiger partial charge < -0.3 is 0 Å². The van der Waals surface area contributed by atoms with Gasteiger partial charge in [-0.25, -0.2) is 0 Å². The normalized spacial score (nSPS) is 10.2. The first-order valence-corrected chi connectivity index (χ1v) is 5.14. The number of nitrogens with one attached hydrogen (secondary N) is 1. The Bertz CT molecular complexity index is 474. The van der Waals surface area contributed by atoms with Crippen LogP contribution in [-0.4, -0.2) is 14.8 Å². The molecule has 0 bridgehead atoms. The van der Waals surface area contributed by atoms with Crippen molar-refractivity contribution in [2.45, 2.75) is 0 Å². The minimum atomic E-state index is 0.615. The fourth-order valence-corrected chi connectivity index (χ4v) is 1.91. The van der Waals surface area contributed by atoms with Crippen LogP contribution >= 0.6 is 34.8 Å². The molecule has 1 aromatic heterocycles. The van der Waals surface area contributed by atoms with Gasteiger partial charge in [0.15, 0.2) is 4.77 Å². The fraction of sp³-hybridized carbons (Fsp3) is 0. The van der Waals surface area contributed by atoms with Gasteiger partial charge in [0.05, 0.1) is 5.69 Å². The van der Waals surface area contributed by atoms with Crippen LogP contribution in [0.25, 0.3) is 5.69 Å². The Balaban J connectivity index is 2.66. The molecule has 1 N–H and O–H groups in total. The molecule has 2 aromatic rings. The second-order valence-corrected chi connectivity index (χ2v) is 4.03. The zero-order valence-electron chi connectivity index (χ0n) is 6.57. The molecule has 0 spiro atoms. The average Bonchev–Trinajstić information content (AvgIpc) is 2.52. The van der Waals surface area contributed by atoms with Crippen molar-refractivity contribution < 1.29 is 0 Å². The van der Waals surface area contributed by atoms with Gasteiger partial charge in [-0.15, -0.1) is 0 Å². The highest BCUT2D eigenvalue weighted by Crippen LogP contribution is 2.15. The number of H-pyrrole nitrogens is 1. The van der Waals surface area contributed by atoms with Crippen LogP contribution in [0.5, 0.6) is 0 Å². The summed E-state index contributed by atoms with van der Waals surface area (Å²) < 4.78 is 3.61. The van der Waals surface area contributed by atoms with E-state index in [4.69, 9.17) is 12.2 Å². The van der Waals surface area contributed by atoms with E-state index in [0.29, 0.717) is 4.77 Å². The average molecular weight is 303 g/mol. The van der Waals surface area contributed by atoms with Crippen molar-refractivity contribution in [1.82, 2.24) is 14.8 Å². The fourth-order valence-electron chi connectivity index (χ4n) is 1.07. The lowest BCUT2D eigenvalue weighted by atomic mass is 10.3. The van der Waals surface area contributed by atoms with Crippen LogP contribution in [0.2, 0.25) is 0 Å². The van der Waals surface area contributed by atoms with Crippen molar-refractivity contribution in [3.8, 4) is 5.69 Å². The number of hydrogen-bond donors (Lipinski definition) is 1. The van der Waals surface area contributed by atoms with Crippen LogP contribution in [0.4, 0.5) is 0 Å². The van der Waals surface area contributed by atoms with E-state index < -0.39 is 0 Å². The Morgan fingerprint density at radius 1 is 1.38 bits per heavy atom. The molecule has 1 aromatic carbocycles. The Hall–Kier alpha value is -0.690. The molecular formula is C8H6IN3S. The summed E-state index contributed by atoms with van der Waals surface area (Å²) in [6, 6.07) is 8.01. The third kappa shape index (κ3) is 1.66. The predicted molar refractivity (Wildman–Crippen MR) is 61.5 cm³/mol. The standard InChI is InChI=1S/C8H6IN3S/c9-6-3-1-2-4-7(6)12-5-10-11-8(12)13/h1-5H,(H,11,13). The number of hydrogen-bond acceptors (Lipinski definition) is 2. The number of aromatic nitrogens is 3. The Kier molecular flexibility index (Phi) is 2.45. The third-order valence-corrected chi connectivity index (χ3v) is 2.86. The highest BCUT2D eigenvalue weighted by Gasteiger charge is 2.01. The van der Waals surface area contributed by atoms with Gasteiger partial charge in [0.2, 0.25) is 0 Å². The van der Waals surface area contributed by atoms with E-state index in [0.717, 1.165) is 9.26 Å². The molecule has 0 radical (unpaired) electrons. The summed E-state index contributed by atoms with van der Waals surface area (Å²) in [6.45, 7) is 0. The van der Waals surface area contributed by atoms with E-state index >= 15 is 0 Å². The van der Waals surface area contributed by atoms with E-state index in [1.54, 1.807) is 6.33 Å². The van der Waals surface area contributed by atoms with Crippen LogP contribution in [0.15, 0.2) is 30.6 Å². The molecule has 0 saturated carbocycles. The summed E-state index contributed by atoms with van der Waals surface area (Å²) in [4.78, 5) is 0. The molecule has 3 nitrogen and oxygen atoms in total. The second-order valence-electron chi connectivity index (χ2n) is 2.48. The quantitative estimate of drug-likeness (QED) is 0.649. The molecule has 0 amide bonds. The van der Waals surface area contributed by atoms with Gasteiger partial charge in [-0.1, -0.05) is 12.1 Å². The van der Waals surface area contributed by atoms with Gasteiger partial charge in [0, 0.05) is 3.57 Å². The maximum Gasteiger partial charge on any atom is 0.199 e. The van der Waals surface area contributed by atoms with Crippen molar-refractivity contribution in [1.29, 1.82) is 0 Å². The zero-order valence-corrected chi connectivity index (χ0v) is 9.54. The summed E-state index contributed by atoms with van der Waals surface area (Å²) in [5.74, 6) is 0. The van der Waals surface area contributed by atoms with Gasteiger partial charge in [0.25, 0.3) is 0 Å². The van der Waals surface area contributed by atoms with Crippen molar-refractivity contribution in [2.75, 3.05) is 0 Å². The molecule has 0 aliphatic rings. The molecule has 0 unspecified atom stereocenters. The van der Waals surface area contributed by atoms with Crippen molar-refractivity contribution in [3.63, 3.8) is 0 Å². The first-order chi connectivity index (χ1) is 6.29. The number of nitrogens with zero attached hydrogens (tertiary/aromatic N) is 2. The van der Waals surface area contributed by atoms with Crippen LogP contribution in [-0.2, 0) is 0 Å². The van der Waals surface area contributed by atoms with Crippen molar-refractivity contribution in [3.05, 3.63) is 38.9 Å². The number of rotatable bonds is 1. The maximum atomic E-state index is 5.07. The van der Waals surface area contributed by atoms with Crippen LogP contribution in [0, 0.1) is 8.34 Å². The molecule has 5 heteroatoms. The molecule has 0 aliphatic heterocycles. The minimum Gasteiger partial charge on any atom is -0.274 e. The predicted octanol–water partition coefficient (Wildman–Crippen LogP) is 2.53. The van der Waals surface area contributed by atoms with Gasteiger partial charge in [0.1, 0.15) is 6.33 Å². The highest BCUT2D eigenvalue weighted by molar-refractivity contribution is 14.1. The smallest absolute Gasteiger partial charge is 0.199 e. The van der Waals surface area contributed by atoms with E-state index in [1.807, 2.05) is 28.8 Å². The van der Waals surface area contributed by atoms with Gasteiger partial charge in [-0.2, -0.15) is 5.10 Å². The molecule has 0 atom stereocenters. The molecule has 13 heavy (non-hydrogen) atoms. The topological polar surface area (TPSA) is 33.6 Å². The first-order valence-electron chi connectivity index (χ1n) is 3.66. The molecule has 0 saturated heterocycles. The SMILES string of the molecule is S=c1[nH]ncn1-c1ccccc1I. The third-order valence-electron chi connectivity index (χ3n) is 1.66. The number of para-hydroxylation sites is 1. The summed E-state index contributed by atoms with van der Waals surface area (Å²) in [5.41, 5.74) is 1.06. The summed E-state index contributed by atoms with van der Waals surface area (Å²) in [7, 11) is 0. The summed E-state index contributed by atoms with van der Waals surface area (Å²) >= 11 is 7.34. The first kappa shape index (κ1) is 8.89. The van der Waals surface area contributed by atoms with Crippen molar-refractivity contribution in [2.24, 2.45) is 0 Å². The van der Waals surface area contributed by atoms with Crippen molar-refractivity contribution >= 4 is 34.8 Å². The molecule has 66 valence electrons. The number of aromatic amines is 1. The van der Waals surface area contributed by atoms with Gasteiger partial charge >= 0.3 is 0 Å². The molecule has 0 fully saturated rings. The lowest BCUT2D eigenvalue weighted by Crippen LogP contribution is -1.94. The Labute approximate surface area is 93.9 Å². The molecule has 1 heterocycles. The zero-order chi connectivity index (χ0) is 9.26. The number of benzene rings is 1. The second kappa shape index (κ2) is 3.59. The molecule has 2 rings (SSSR count). The lowest BCUT2D eigenvalue weighted by molar-refractivity contribution is 1.02. The monoisotopic (exact) mass is 303 g/mol. The maximum absolute atomic E-state index is 5.07. The van der Waals surface area contributed by atoms with E-state index in [-0.39, 0.29) is 0 Å².